The molecule has 0 amide bonds. The second-order valence-corrected chi connectivity index (χ2v) is 2.27. The first-order valence-electron chi connectivity index (χ1n) is 2.71. The highest BCUT2D eigenvalue weighted by atomic mass is 32.2. The Balaban J connectivity index is 2.23. The van der Waals surface area contributed by atoms with Gasteiger partial charge in [0.1, 0.15) is 0 Å². The highest BCUT2D eigenvalue weighted by molar-refractivity contribution is 7.97. The highest BCUT2D eigenvalue weighted by Gasteiger charge is 2.01. The van der Waals surface area contributed by atoms with Crippen LogP contribution in [0, 0.1) is 0 Å². The summed E-state index contributed by atoms with van der Waals surface area (Å²) < 4.78 is 4.78. The van der Waals surface area contributed by atoms with Crippen molar-refractivity contribution in [3.63, 3.8) is 0 Å². The maximum Gasteiger partial charge on any atom is 0.0536 e. The van der Waals surface area contributed by atoms with Crippen LogP contribution in [0.4, 0.5) is 0 Å². The van der Waals surface area contributed by atoms with Gasteiger partial charge in [0.2, 0.25) is 0 Å². The van der Waals surface area contributed by atoms with Gasteiger partial charge < -0.3 is 0 Å². The molecule has 8 heavy (non-hydrogen) atoms. The molecule has 0 saturated carbocycles. The third-order valence-corrected chi connectivity index (χ3v) is 1.49. The molecule has 0 saturated heterocycles. The van der Waals surface area contributed by atoms with Gasteiger partial charge in [0.05, 0.1) is 12.0 Å². The third kappa shape index (κ3) is 1.42. The molecule has 1 heterocycles. The summed E-state index contributed by atoms with van der Waals surface area (Å²) in [7, 11) is 0. The van der Waals surface area contributed by atoms with E-state index in [1.165, 1.54) is 24.2 Å². The van der Waals surface area contributed by atoms with Gasteiger partial charge in [-0.25, -0.2) is 4.28 Å². The average molecular weight is 131 g/mol. The lowest BCUT2D eigenvalue weighted by Crippen LogP contribution is -2.02. The molecule has 1 N–H and O–H groups in total. The smallest absolute Gasteiger partial charge is 0.0536 e. The SMILES string of the molecule is CCCC1=CSON1. The molecule has 0 aromatic heterocycles. The Bertz CT molecular complexity index is 103. The molecular weight excluding hydrogens is 122 g/mol. The van der Waals surface area contributed by atoms with Crippen LogP contribution < -0.4 is 5.48 Å². The van der Waals surface area contributed by atoms with Gasteiger partial charge in [-0.1, -0.05) is 13.3 Å². The lowest BCUT2D eigenvalue weighted by Gasteiger charge is -1.95. The van der Waals surface area contributed by atoms with Crippen LogP contribution in [0.1, 0.15) is 19.8 Å². The largest absolute Gasteiger partial charge is 0.257 e. The number of allylic oxidation sites excluding steroid dienone is 1. The van der Waals surface area contributed by atoms with E-state index < -0.39 is 0 Å². The minimum absolute atomic E-state index is 1.09. The molecule has 0 aromatic carbocycles. The highest BCUT2D eigenvalue weighted by Crippen LogP contribution is 2.16. The van der Waals surface area contributed by atoms with E-state index in [1.54, 1.807) is 0 Å². The molecule has 0 fully saturated rings. The lowest BCUT2D eigenvalue weighted by molar-refractivity contribution is 0.285. The second-order valence-electron chi connectivity index (χ2n) is 1.67. The van der Waals surface area contributed by atoms with Crippen molar-refractivity contribution in [1.82, 2.24) is 5.48 Å². The van der Waals surface area contributed by atoms with Crippen LogP contribution in [0.25, 0.3) is 0 Å². The Kier molecular flexibility index (Phi) is 2.24. The summed E-state index contributed by atoms with van der Waals surface area (Å²) in [6.45, 7) is 2.14. The summed E-state index contributed by atoms with van der Waals surface area (Å²) in [5, 5.41) is 1.99. The number of hydrogen-bond acceptors (Lipinski definition) is 3. The summed E-state index contributed by atoms with van der Waals surface area (Å²) in [6, 6.07) is 0. The molecule has 3 heteroatoms. The Morgan fingerprint density at radius 3 is 3.25 bits per heavy atom. The lowest BCUT2D eigenvalue weighted by atomic mass is 10.3. The molecule has 0 aliphatic carbocycles. The van der Waals surface area contributed by atoms with E-state index in [9.17, 15) is 0 Å². The maximum atomic E-state index is 4.78. The monoisotopic (exact) mass is 131 g/mol. The second kappa shape index (κ2) is 2.99. The summed E-state index contributed by atoms with van der Waals surface area (Å²) in [5.74, 6) is 0. The summed E-state index contributed by atoms with van der Waals surface area (Å²) in [4.78, 5) is 0. The molecule has 0 aromatic rings. The van der Waals surface area contributed by atoms with Crippen molar-refractivity contribution in [3.05, 3.63) is 11.1 Å². The van der Waals surface area contributed by atoms with E-state index in [4.69, 9.17) is 4.28 Å². The minimum atomic E-state index is 1.09. The van der Waals surface area contributed by atoms with Gasteiger partial charge in [-0.2, -0.15) is 0 Å². The van der Waals surface area contributed by atoms with Gasteiger partial charge in [-0.05, 0) is 6.42 Å². The molecule has 0 spiro atoms. The zero-order chi connectivity index (χ0) is 5.82. The van der Waals surface area contributed by atoms with E-state index in [0.29, 0.717) is 0 Å². The molecular formula is C5H9NOS. The van der Waals surface area contributed by atoms with E-state index in [1.807, 2.05) is 5.41 Å². The fourth-order valence-corrected chi connectivity index (χ4v) is 1.05. The van der Waals surface area contributed by atoms with E-state index >= 15 is 0 Å². The normalized spacial score (nSPS) is 17.9. The van der Waals surface area contributed by atoms with Crippen molar-refractivity contribution in [2.75, 3.05) is 0 Å². The minimum Gasteiger partial charge on any atom is -0.257 e. The van der Waals surface area contributed by atoms with Crippen LogP contribution in [-0.4, -0.2) is 0 Å². The number of rotatable bonds is 2. The van der Waals surface area contributed by atoms with Gasteiger partial charge in [0.25, 0.3) is 0 Å². The first kappa shape index (κ1) is 5.98. The van der Waals surface area contributed by atoms with Gasteiger partial charge in [0, 0.05) is 11.1 Å². The van der Waals surface area contributed by atoms with Gasteiger partial charge in [-0.3, -0.25) is 5.48 Å². The Morgan fingerprint density at radius 1 is 1.88 bits per heavy atom. The molecule has 1 aliphatic heterocycles. The van der Waals surface area contributed by atoms with Gasteiger partial charge in [-0.15, -0.1) is 0 Å². The van der Waals surface area contributed by atoms with Crippen LogP contribution in [0.2, 0.25) is 0 Å². The molecule has 2 nitrogen and oxygen atoms in total. The number of hydrogen-bond donors (Lipinski definition) is 1. The molecule has 0 unspecified atom stereocenters. The van der Waals surface area contributed by atoms with E-state index in [0.717, 1.165) is 6.42 Å². The third-order valence-electron chi connectivity index (χ3n) is 0.931. The quantitative estimate of drug-likeness (QED) is 0.577. The predicted octanol–water partition coefficient (Wildman–Crippen LogP) is 1.81. The first-order valence-corrected chi connectivity index (χ1v) is 3.51. The van der Waals surface area contributed by atoms with Crippen LogP contribution in [0.5, 0.6) is 0 Å². The van der Waals surface area contributed by atoms with Crippen LogP contribution >= 0.6 is 12.0 Å². The zero-order valence-electron chi connectivity index (χ0n) is 4.81. The standard InChI is InChI=1S/C5H9NOS/c1-2-3-5-4-8-7-6-5/h4,6H,2-3H2,1H3. The van der Waals surface area contributed by atoms with E-state index in [2.05, 4.69) is 12.4 Å². The Hall–Kier alpha value is -0.150. The zero-order valence-corrected chi connectivity index (χ0v) is 5.62. The topological polar surface area (TPSA) is 21.3 Å². The van der Waals surface area contributed by atoms with Gasteiger partial charge >= 0.3 is 0 Å². The van der Waals surface area contributed by atoms with Crippen molar-refractivity contribution < 1.29 is 4.28 Å². The predicted molar refractivity (Wildman–Crippen MR) is 34.8 cm³/mol. The summed E-state index contributed by atoms with van der Waals surface area (Å²) >= 11 is 1.35. The molecule has 1 aliphatic rings. The maximum absolute atomic E-state index is 4.78. The molecule has 1 rings (SSSR count). The molecule has 46 valence electrons. The fraction of sp³-hybridized carbons (Fsp3) is 0.600. The van der Waals surface area contributed by atoms with Crippen LogP contribution in [0.3, 0.4) is 0 Å². The average Bonchev–Trinajstić information content (AvgIpc) is 2.19. The molecule has 0 radical (unpaired) electrons. The van der Waals surface area contributed by atoms with E-state index in [-0.39, 0.29) is 0 Å². The summed E-state index contributed by atoms with van der Waals surface area (Å²) in [6.07, 6.45) is 2.26. The number of hydroxylamine groups is 1. The first-order chi connectivity index (χ1) is 3.93. The van der Waals surface area contributed by atoms with Crippen molar-refractivity contribution in [2.45, 2.75) is 19.8 Å². The fourth-order valence-electron chi connectivity index (χ4n) is 0.563. The van der Waals surface area contributed by atoms with Crippen molar-refractivity contribution in [1.29, 1.82) is 0 Å². The Labute approximate surface area is 53.5 Å². The van der Waals surface area contributed by atoms with Gasteiger partial charge in [0.15, 0.2) is 0 Å². The number of nitrogens with one attached hydrogen (secondary N) is 1. The molecule has 0 bridgehead atoms. The van der Waals surface area contributed by atoms with Crippen molar-refractivity contribution in [3.8, 4) is 0 Å². The summed E-state index contributed by atoms with van der Waals surface area (Å²) in [5.41, 5.74) is 3.97. The van der Waals surface area contributed by atoms with Crippen LogP contribution in [0.15, 0.2) is 11.1 Å². The van der Waals surface area contributed by atoms with Crippen molar-refractivity contribution in [2.24, 2.45) is 0 Å². The van der Waals surface area contributed by atoms with Crippen LogP contribution in [-0.2, 0) is 4.28 Å². The van der Waals surface area contributed by atoms with Crippen molar-refractivity contribution >= 4 is 12.0 Å². The Morgan fingerprint density at radius 2 is 2.75 bits per heavy atom. The molecule has 0 atom stereocenters.